The van der Waals surface area contributed by atoms with Crippen molar-refractivity contribution >= 4 is 29.1 Å². The summed E-state index contributed by atoms with van der Waals surface area (Å²) < 4.78 is 5.51. The van der Waals surface area contributed by atoms with Crippen molar-refractivity contribution < 1.29 is 19.1 Å². The van der Waals surface area contributed by atoms with Gasteiger partial charge in [0.05, 0.1) is 5.92 Å². The van der Waals surface area contributed by atoms with Gasteiger partial charge in [0.1, 0.15) is 5.75 Å². The molecule has 1 heterocycles. The number of rotatable bonds is 6. The van der Waals surface area contributed by atoms with Crippen LogP contribution in [0.5, 0.6) is 5.75 Å². The maximum atomic E-state index is 12.1. The quantitative estimate of drug-likeness (QED) is 0.800. The Hall–Kier alpha value is -3.35. The molecule has 3 rings (SSSR count). The lowest BCUT2D eigenvalue weighted by molar-refractivity contribution is -0.123. The Labute approximate surface area is 163 Å². The zero-order valence-electron chi connectivity index (χ0n) is 15.9. The summed E-state index contributed by atoms with van der Waals surface area (Å²) in [6.07, 6.45) is 0.131. The van der Waals surface area contributed by atoms with Gasteiger partial charge in [-0.05, 0) is 61.4 Å². The topological polar surface area (TPSA) is 102 Å². The highest BCUT2D eigenvalue weighted by molar-refractivity contribution is 6.00. The van der Waals surface area contributed by atoms with Crippen LogP contribution in [0.1, 0.15) is 17.5 Å². The molecule has 7 heteroatoms. The van der Waals surface area contributed by atoms with Gasteiger partial charge in [-0.2, -0.15) is 0 Å². The lowest BCUT2D eigenvalue weighted by Crippen LogP contribution is -2.28. The average molecular weight is 381 g/mol. The number of nitrogens with one attached hydrogen (secondary N) is 1. The molecule has 0 aromatic heterocycles. The van der Waals surface area contributed by atoms with E-state index in [4.69, 9.17) is 10.5 Å². The van der Waals surface area contributed by atoms with Gasteiger partial charge < -0.3 is 20.7 Å². The van der Waals surface area contributed by atoms with Crippen molar-refractivity contribution in [1.29, 1.82) is 0 Å². The third kappa shape index (κ3) is 4.68. The predicted molar refractivity (Wildman–Crippen MR) is 106 cm³/mol. The van der Waals surface area contributed by atoms with Crippen LogP contribution in [-0.4, -0.2) is 30.9 Å². The molecule has 0 spiro atoms. The van der Waals surface area contributed by atoms with E-state index in [2.05, 4.69) is 5.32 Å². The van der Waals surface area contributed by atoms with Crippen LogP contribution in [-0.2, 0) is 14.4 Å². The smallest absolute Gasteiger partial charge is 0.262 e. The van der Waals surface area contributed by atoms with Crippen LogP contribution in [0.25, 0.3) is 0 Å². The highest BCUT2D eigenvalue weighted by Gasteiger charge is 2.33. The Morgan fingerprint density at radius 2 is 1.79 bits per heavy atom. The molecule has 3 N–H and O–H groups in total. The van der Waals surface area contributed by atoms with Crippen molar-refractivity contribution in [1.82, 2.24) is 0 Å². The van der Waals surface area contributed by atoms with Gasteiger partial charge in [0.25, 0.3) is 5.91 Å². The number of anilines is 2. The zero-order valence-corrected chi connectivity index (χ0v) is 15.9. The molecule has 2 aromatic rings. The number of amides is 3. The highest BCUT2D eigenvalue weighted by Crippen LogP contribution is 2.26. The lowest BCUT2D eigenvalue weighted by atomic mass is 10.1. The van der Waals surface area contributed by atoms with Gasteiger partial charge in [0, 0.05) is 24.3 Å². The monoisotopic (exact) mass is 381 g/mol. The fourth-order valence-electron chi connectivity index (χ4n) is 3.26. The van der Waals surface area contributed by atoms with Gasteiger partial charge in [0.2, 0.25) is 11.8 Å². The van der Waals surface area contributed by atoms with Gasteiger partial charge in [-0.15, -0.1) is 0 Å². The number of ether oxygens (including phenoxy) is 1. The summed E-state index contributed by atoms with van der Waals surface area (Å²) in [5, 5.41) is 2.81. The number of benzene rings is 2. The molecule has 1 aliphatic heterocycles. The van der Waals surface area contributed by atoms with Gasteiger partial charge in [0.15, 0.2) is 6.61 Å². The van der Waals surface area contributed by atoms with Gasteiger partial charge in [-0.3, -0.25) is 14.4 Å². The largest absolute Gasteiger partial charge is 0.484 e. The molecular formula is C21H23N3O4. The first-order valence-corrected chi connectivity index (χ1v) is 9.02. The van der Waals surface area contributed by atoms with E-state index in [0.29, 0.717) is 11.4 Å². The second kappa shape index (κ2) is 8.12. The minimum Gasteiger partial charge on any atom is -0.484 e. The molecule has 1 fully saturated rings. The van der Waals surface area contributed by atoms with Gasteiger partial charge >= 0.3 is 0 Å². The molecule has 1 aliphatic rings. The van der Waals surface area contributed by atoms with E-state index in [0.717, 1.165) is 16.8 Å². The van der Waals surface area contributed by atoms with Crippen molar-refractivity contribution in [2.45, 2.75) is 20.3 Å². The van der Waals surface area contributed by atoms with Crippen LogP contribution in [0, 0.1) is 19.8 Å². The van der Waals surface area contributed by atoms with Crippen LogP contribution in [0.15, 0.2) is 42.5 Å². The number of carbonyl (C=O) groups is 3. The summed E-state index contributed by atoms with van der Waals surface area (Å²) in [6.45, 7) is 4.10. The minimum atomic E-state index is -0.467. The fraction of sp³-hybridized carbons (Fsp3) is 0.286. The number of nitrogens with zero attached hydrogens (tertiary/aromatic N) is 1. The number of hydrogen-bond donors (Lipinski definition) is 2. The summed E-state index contributed by atoms with van der Waals surface area (Å²) in [7, 11) is 0. The first-order valence-electron chi connectivity index (χ1n) is 9.02. The summed E-state index contributed by atoms with van der Waals surface area (Å²) in [5.74, 6) is -0.807. The molecule has 0 bridgehead atoms. The molecular weight excluding hydrogens is 358 g/mol. The minimum absolute atomic E-state index is 0.126. The van der Waals surface area contributed by atoms with Crippen LogP contribution >= 0.6 is 0 Å². The molecule has 28 heavy (non-hydrogen) atoms. The first-order chi connectivity index (χ1) is 13.3. The van der Waals surface area contributed by atoms with Crippen LogP contribution < -0.4 is 20.7 Å². The molecule has 1 atom stereocenters. The second-order valence-corrected chi connectivity index (χ2v) is 7.01. The zero-order chi connectivity index (χ0) is 20.3. The molecule has 3 amide bonds. The SMILES string of the molecule is Cc1cc(C)cc(NC(=O)COc2ccc(N3CC(C(N)=O)CC3=O)cc2)c1. The van der Waals surface area contributed by atoms with Crippen LogP contribution in [0.3, 0.4) is 0 Å². The maximum Gasteiger partial charge on any atom is 0.262 e. The second-order valence-electron chi connectivity index (χ2n) is 7.01. The Balaban J connectivity index is 1.55. The third-order valence-electron chi connectivity index (χ3n) is 4.55. The van der Waals surface area contributed by atoms with Gasteiger partial charge in [-0.1, -0.05) is 6.07 Å². The molecule has 0 aliphatic carbocycles. The number of aryl methyl sites for hydroxylation is 2. The molecule has 146 valence electrons. The van der Waals surface area contributed by atoms with E-state index >= 15 is 0 Å². The maximum absolute atomic E-state index is 12.1. The van der Waals surface area contributed by atoms with Crippen LogP contribution in [0.4, 0.5) is 11.4 Å². The Morgan fingerprint density at radius 3 is 2.36 bits per heavy atom. The third-order valence-corrected chi connectivity index (χ3v) is 4.55. The average Bonchev–Trinajstić information content (AvgIpc) is 3.02. The normalized spacial score (nSPS) is 16.1. The van der Waals surface area contributed by atoms with Crippen molar-refractivity contribution in [2.24, 2.45) is 11.7 Å². The fourth-order valence-corrected chi connectivity index (χ4v) is 3.26. The lowest BCUT2D eigenvalue weighted by Gasteiger charge is -2.16. The van der Waals surface area contributed by atoms with E-state index < -0.39 is 11.8 Å². The summed E-state index contributed by atoms with van der Waals surface area (Å²) in [4.78, 5) is 37.0. The number of hydrogen-bond acceptors (Lipinski definition) is 4. The van der Waals surface area contributed by atoms with E-state index in [1.807, 2.05) is 32.0 Å². The summed E-state index contributed by atoms with van der Waals surface area (Å²) >= 11 is 0. The molecule has 7 nitrogen and oxygen atoms in total. The number of carbonyl (C=O) groups excluding carboxylic acids is 3. The predicted octanol–water partition coefficient (Wildman–Crippen LogP) is 2.16. The van der Waals surface area contributed by atoms with Crippen LogP contribution in [0.2, 0.25) is 0 Å². The van der Waals surface area contributed by atoms with E-state index in [1.54, 1.807) is 24.3 Å². The highest BCUT2D eigenvalue weighted by atomic mass is 16.5. The molecule has 1 saturated heterocycles. The Bertz CT molecular complexity index is 888. The standard InChI is InChI=1S/C21H23N3O4/c1-13-7-14(2)9-16(8-13)23-19(25)12-28-18-5-3-17(4-6-18)24-11-15(21(22)27)10-20(24)26/h3-9,15H,10-12H2,1-2H3,(H2,22,27)(H,23,25). The van der Waals surface area contributed by atoms with Crippen molar-refractivity contribution in [2.75, 3.05) is 23.4 Å². The summed E-state index contributed by atoms with van der Waals surface area (Å²) in [5.41, 5.74) is 8.83. The van der Waals surface area contributed by atoms with Crippen molar-refractivity contribution in [3.63, 3.8) is 0 Å². The Kier molecular flexibility index (Phi) is 5.63. The molecule has 0 radical (unpaired) electrons. The molecule has 1 unspecified atom stereocenters. The van der Waals surface area contributed by atoms with E-state index in [9.17, 15) is 14.4 Å². The molecule has 2 aromatic carbocycles. The molecule has 0 saturated carbocycles. The van der Waals surface area contributed by atoms with E-state index in [-0.39, 0.29) is 31.4 Å². The van der Waals surface area contributed by atoms with Crippen molar-refractivity contribution in [3.05, 3.63) is 53.6 Å². The number of nitrogens with two attached hydrogens (primary N) is 1. The van der Waals surface area contributed by atoms with Crippen molar-refractivity contribution in [3.8, 4) is 5.75 Å². The summed E-state index contributed by atoms with van der Waals surface area (Å²) in [6, 6.07) is 12.6. The number of primary amides is 1. The first kappa shape index (κ1) is 19.4. The van der Waals surface area contributed by atoms with E-state index in [1.165, 1.54) is 4.90 Å². The Morgan fingerprint density at radius 1 is 1.14 bits per heavy atom. The van der Waals surface area contributed by atoms with Gasteiger partial charge in [-0.25, -0.2) is 0 Å².